The molecule has 2 amide bonds. The largest absolute Gasteiger partial charge is 0.480 e. The molecule has 1 aliphatic carbocycles. The maximum absolute atomic E-state index is 12.5. The zero-order chi connectivity index (χ0) is 14.4. The molecule has 6 heteroatoms. The van der Waals surface area contributed by atoms with E-state index in [2.05, 4.69) is 0 Å². The number of aliphatic carboxylic acids is 1. The number of aliphatic hydroxyl groups excluding tert-OH is 1. The summed E-state index contributed by atoms with van der Waals surface area (Å²) < 4.78 is 0. The molecule has 110 valence electrons. The Kier molecular flexibility index (Phi) is 6.08. The van der Waals surface area contributed by atoms with Crippen LogP contribution in [-0.4, -0.2) is 63.8 Å². The number of aliphatic hydroxyl groups is 1. The highest BCUT2D eigenvalue weighted by Crippen LogP contribution is 2.26. The Labute approximate surface area is 114 Å². The molecule has 0 aromatic carbocycles. The number of amides is 2. The third-order valence-electron chi connectivity index (χ3n) is 3.78. The second-order valence-corrected chi connectivity index (χ2v) is 5.06. The predicted molar refractivity (Wildman–Crippen MR) is 70.9 cm³/mol. The van der Waals surface area contributed by atoms with Crippen LogP contribution < -0.4 is 0 Å². The van der Waals surface area contributed by atoms with Crippen molar-refractivity contribution in [1.82, 2.24) is 9.80 Å². The number of urea groups is 1. The summed E-state index contributed by atoms with van der Waals surface area (Å²) in [6.45, 7) is 3.66. The summed E-state index contributed by atoms with van der Waals surface area (Å²) in [5.74, 6) is -1.01. The lowest BCUT2D eigenvalue weighted by atomic mass is 9.91. The fourth-order valence-electron chi connectivity index (χ4n) is 2.18. The van der Waals surface area contributed by atoms with E-state index in [1.165, 1.54) is 4.90 Å². The molecular formula is C13H24N2O4. The highest BCUT2D eigenvalue weighted by Gasteiger charge is 2.33. The van der Waals surface area contributed by atoms with Crippen LogP contribution in [0.25, 0.3) is 0 Å². The van der Waals surface area contributed by atoms with Crippen LogP contribution in [0.2, 0.25) is 0 Å². The lowest BCUT2D eigenvalue weighted by Crippen LogP contribution is -2.54. The molecule has 1 saturated carbocycles. The Morgan fingerprint density at radius 1 is 1.37 bits per heavy atom. The highest BCUT2D eigenvalue weighted by molar-refractivity contribution is 5.80. The van der Waals surface area contributed by atoms with E-state index in [0.29, 0.717) is 6.42 Å². The summed E-state index contributed by atoms with van der Waals surface area (Å²) in [5, 5.41) is 18.0. The van der Waals surface area contributed by atoms with Crippen molar-refractivity contribution in [2.24, 2.45) is 0 Å². The molecule has 0 saturated heterocycles. The Morgan fingerprint density at radius 3 is 2.37 bits per heavy atom. The average molecular weight is 272 g/mol. The normalized spacial score (nSPS) is 16.6. The van der Waals surface area contributed by atoms with Crippen molar-refractivity contribution >= 4 is 12.0 Å². The molecule has 0 aromatic rings. The van der Waals surface area contributed by atoms with Gasteiger partial charge in [0.1, 0.15) is 6.54 Å². The predicted octanol–water partition coefficient (Wildman–Crippen LogP) is 1.14. The zero-order valence-electron chi connectivity index (χ0n) is 11.7. The van der Waals surface area contributed by atoms with Crippen molar-refractivity contribution in [3.63, 3.8) is 0 Å². The van der Waals surface area contributed by atoms with E-state index >= 15 is 0 Å². The van der Waals surface area contributed by atoms with Gasteiger partial charge in [-0.1, -0.05) is 6.92 Å². The number of carboxylic acid groups (broad SMARTS) is 1. The molecule has 0 spiro atoms. The van der Waals surface area contributed by atoms with E-state index in [-0.39, 0.29) is 37.8 Å². The third kappa shape index (κ3) is 4.09. The molecule has 2 N–H and O–H groups in total. The SMILES string of the molecule is CCC(C)N(CC(=O)O)C(=O)N(CCO)C1CCC1. The Bertz CT molecular complexity index is 318. The minimum absolute atomic E-state index is 0.0936. The Morgan fingerprint density at radius 2 is 2.00 bits per heavy atom. The van der Waals surface area contributed by atoms with Gasteiger partial charge in [0.15, 0.2) is 0 Å². The number of nitrogens with zero attached hydrogens (tertiary/aromatic N) is 2. The maximum Gasteiger partial charge on any atom is 0.323 e. The topological polar surface area (TPSA) is 81.1 Å². The van der Waals surface area contributed by atoms with Crippen LogP contribution >= 0.6 is 0 Å². The van der Waals surface area contributed by atoms with Crippen molar-refractivity contribution in [3.05, 3.63) is 0 Å². The summed E-state index contributed by atoms with van der Waals surface area (Å²) in [7, 11) is 0. The minimum Gasteiger partial charge on any atom is -0.480 e. The van der Waals surface area contributed by atoms with Gasteiger partial charge in [-0.3, -0.25) is 4.79 Å². The van der Waals surface area contributed by atoms with Gasteiger partial charge in [0.2, 0.25) is 0 Å². The summed E-state index contributed by atoms with van der Waals surface area (Å²) >= 11 is 0. The molecule has 0 aliphatic heterocycles. The van der Waals surface area contributed by atoms with Crippen LogP contribution in [-0.2, 0) is 4.79 Å². The molecule has 1 aliphatic rings. The van der Waals surface area contributed by atoms with Crippen molar-refractivity contribution in [2.45, 2.75) is 51.6 Å². The number of rotatable bonds is 7. The Hall–Kier alpha value is -1.30. The van der Waals surface area contributed by atoms with E-state index in [1.54, 1.807) is 4.90 Å². The molecule has 1 fully saturated rings. The highest BCUT2D eigenvalue weighted by atomic mass is 16.4. The number of carbonyl (C=O) groups is 2. The van der Waals surface area contributed by atoms with Crippen molar-refractivity contribution in [2.75, 3.05) is 19.7 Å². The first kappa shape index (κ1) is 15.8. The lowest BCUT2D eigenvalue weighted by molar-refractivity contribution is -0.138. The molecular weight excluding hydrogens is 248 g/mol. The summed E-state index contributed by atoms with van der Waals surface area (Å²) in [6.07, 6.45) is 3.67. The fourth-order valence-corrected chi connectivity index (χ4v) is 2.18. The van der Waals surface area contributed by atoms with E-state index in [0.717, 1.165) is 19.3 Å². The van der Waals surface area contributed by atoms with Gasteiger partial charge < -0.3 is 20.0 Å². The van der Waals surface area contributed by atoms with Gasteiger partial charge in [-0.25, -0.2) is 4.79 Å². The molecule has 0 bridgehead atoms. The van der Waals surface area contributed by atoms with Gasteiger partial charge in [0, 0.05) is 18.6 Å². The van der Waals surface area contributed by atoms with E-state index in [4.69, 9.17) is 10.2 Å². The van der Waals surface area contributed by atoms with Gasteiger partial charge in [0.25, 0.3) is 0 Å². The first-order valence-electron chi connectivity index (χ1n) is 6.91. The summed E-state index contributed by atoms with van der Waals surface area (Å²) in [4.78, 5) is 26.4. The quantitative estimate of drug-likeness (QED) is 0.728. The third-order valence-corrected chi connectivity index (χ3v) is 3.78. The standard InChI is InChI=1S/C13H24N2O4/c1-3-10(2)15(9-12(17)18)13(19)14(7-8-16)11-5-4-6-11/h10-11,16H,3-9H2,1-2H3,(H,17,18). The molecule has 0 heterocycles. The van der Waals surface area contributed by atoms with Crippen LogP contribution in [0.5, 0.6) is 0 Å². The van der Waals surface area contributed by atoms with E-state index in [1.807, 2.05) is 13.8 Å². The number of hydrogen-bond donors (Lipinski definition) is 2. The molecule has 0 radical (unpaired) electrons. The lowest BCUT2D eigenvalue weighted by Gasteiger charge is -2.41. The van der Waals surface area contributed by atoms with E-state index in [9.17, 15) is 9.59 Å². The molecule has 19 heavy (non-hydrogen) atoms. The Balaban J connectivity index is 2.78. The second-order valence-electron chi connectivity index (χ2n) is 5.06. The minimum atomic E-state index is -1.01. The molecule has 6 nitrogen and oxygen atoms in total. The monoisotopic (exact) mass is 272 g/mol. The number of hydrogen-bond acceptors (Lipinski definition) is 3. The van der Waals surface area contributed by atoms with Crippen molar-refractivity contribution in [3.8, 4) is 0 Å². The first-order valence-corrected chi connectivity index (χ1v) is 6.91. The van der Waals surface area contributed by atoms with Crippen LogP contribution in [0.1, 0.15) is 39.5 Å². The van der Waals surface area contributed by atoms with Gasteiger partial charge >= 0.3 is 12.0 Å². The molecule has 1 rings (SSSR count). The van der Waals surface area contributed by atoms with Crippen LogP contribution in [0.4, 0.5) is 4.79 Å². The fraction of sp³-hybridized carbons (Fsp3) is 0.846. The second kappa shape index (κ2) is 7.33. The van der Waals surface area contributed by atoms with Crippen molar-refractivity contribution in [1.29, 1.82) is 0 Å². The number of carbonyl (C=O) groups excluding carboxylic acids is 1. The zero-order valence-corrected chi connectivity index (χ0v) is 11.7. The average Bonchev–Trinajstić information content (AvgIpc) is 2.31. The van der Waals surface area contributed by atoms with Gasteiger partial charge in [-0.15, -0.1) is 0 Å². The van der Waals surface area contributed by atoms with Crippen LogP contribution in [0, 0.1) is 0 Å². The summed E-state index contributed by atoms with van der Waals surface area (Å²) in [5.41, 5.74) is 0. The van der Waals surface area contributed by atoms with Gasteiger partial charge in [-0.05, 0) is 32.6 Å². The maximum atomic E-state index is 12.5. The van der Waals surface area contributed by atoms with Crippen LogP contribution in [0.15, 0.2) is 0 Å². The van der Waals surface area contributed by atoms with Crippen LogP contribution in [0.3, 0.4) is 0 Å². The van der Waals surface area contributed by atoms with Crippen molar-refractivity contribution < 1.29 is 19.8 Å². The van der Waals surface area contributed by atoms with Gasteiger partial charge in [0.05, 0.1) is 6.61 Å². The molecule has 1 unspecified atom stereocenters. The smallest absolute Gasteiger partial charge is 0.323 e. The van der Waals surface area contributed by atoms with E-state index < -0.39 is 5.97 Å². The first-order chi connectivity index (χ1) is 9.01. The summed E-state index contributed by atoms with van der Waals surface area (Å²) in [6, 6.07) is -0.236. The molecule has 0 aromatic heterocycles. The molecule has 1 atom stereocenters. The van der Waals surface area contributed by atoms with Gasteiger partial charge in [-0.2, -0.15) is 0 Å². The number of carboxylic acids is 1.